The number of carbonyl (C=O) groups excluding carboxylic acids is 1. The Bertz CT molecular complexity index is 1350. The third-order valence-electron chi connectivity index (χ3n) is 6.85. The van der Waals surface area contributed by atoms with Crippen LogP contribution in [0.4, 0.5) is 22.0 Å². The van der Waals surface area contributed by atoms with Crippen molar-refractivity contribution < 1.29 is 36.6 Å². The maximum atomic E-state index is 13.8. The Kier molecular flexibility index (Phi) is 8.52. The normalized spacial score (nSPS) is 17.2. The third-order valence-corrected chi connectivity index (χ3v) is 6.85. The van der Waals surface area contributed by atoms with Crippen LogP contribution >= 0.6 is 0 Å². The molecule has 40 heavy (non-hydrogen) atoms. The second-order valence-corrected chi connectivity index (χ2v) is 9.79. The van der Waals surface area contributed by atoms with Crippen LogP contribution in [0.25, 0.3) is 17.1 Å². The van der Waals surface area contributed by atoms with E-state index < -0.39 is 48.0 Å². The minimum Gasteiger partial charge on any atom is -0.481 e. The first-order valence-corrected chi connectivity index (χ1v) is 12.7. The minimum absolute atomic E-state index is 0.0462. The van der Waals surface area contributed by atoms with Crippen molar-refractivity contribution in [2.45, 2.75) is 44.3 Å². The van der Waals surface area contributed by atoms with Crippen LogP contribution in [0.5, 0.6) is 0 Å². The minimum atomic E-state index is -4.69. The molecule has 1 saturated heterocycles. The van der Waals surface area contributed by atoms with Gasteiger partial charge in [0.25, 0.3) is 11.8 Å². The molecule has 0 bridgehead atoms. The Hall–Kier alpha value is -3.87. The lowest BCUT2D eigenvalue weighted by Gasteiger charge is -2.33. The lowest BCUT2D eigenvalue weighted by atomic mass is 9.97. The molecule has 214 valence electrons. The molecule has 2 aromatic heterocycles. The lowest BCUT2D eigenvalue weighted by molar-refractivity contribution is -0.142. The van der Waals surface area contributed by atoms with E-state index in [1.807, 2.05) is 0 Å². The standard InChI is InChI=1S/C27H28F5N5O3/c1-17(25(39)40)20(10-14-36-13-6-11-26(28,29)16-36)34-24(38)21-15-22(37(35-21)23-9-4-5-12-33-23)18-7-2-3-8-19(18)27(30,31)32/h2-5,7-9,12,15,17,20H,6,10-11,13-14,16H2,1H3,(H,34,38)(H,39,40). The number of nitrogens with one attached hydrogen (secondary N) is 1. The quantitative estimate of drug-likeness (QED) is 0.359. The fourth-order valence-electron chi connectivity index (χ4n) is 4.71. The number of nitrogens with zero attached hydrogens (tertiary/aromatic N) is 4. The second-order valence-electron chi connectivity index (χ2n) is 9.79. The van der Waals surface area contributed by atoms with Crippen LogP contribution in [0.15, 0.2) is 54.7 Å². The number of rotatable bonds is 9. The highest BCUT2D eigenvalue weighted by Crippen LogP contribution is 2.37. The van der Waals surface area contributed by atoms with Gasteiger partial charge in [-0.25, -0.2) is 18.4 Å². The number of piperidine rings is 1. The van der Waals surface area contributed by atoms with Crippen molar-refractivity contribution in [3.05, 3.63) is 66.0 Å². The van der Waals surface area contributed by atoms with Crippen molar-refractivity contribution >= 4 is 11.9 Å². The van der Waals surface area contributed by atoms with Crippen molar-refractivity contribution in [1.29, 1.82) is 0 Å². The molecule has 0 spiro atoms. The topological polar surface area (TPSA) is 100 Å². The first-order valence-electron chi connectivity index (χ1n) is 12.7. The smallest absolute Gasteiger partial charge is 0.417 e. The molecule has 0 radical (unpaired) electrons. The van der Waals surface area contributed by atoms with Crippen LogP contribution < -0.4 is 5.32 Å². The molecule has 1 aliphatic rings. The molecular weight excluding hydrogens is 537 g/mol. The summed E-state index contributed by atoms with van der Waals surface area (Å²) in [6, 6.07) is 9.81. The fourth-order valence-corrected chi connectivity index (χ4v) is 4.71. The number of hydrogen-bond acceptors (Lipinski definition) is 5. The first kappa shape index (κ1) is 29.1. The predicted molar refractivity (Wildman–Crippen MR) is 135 cm³/mol. The molecule has 8 nitrogen and oxygen atoms in total. The zero-order valence-electron chi connectivity index (χ0n) is 21.5. The number of carbonyl (C=O) groups is 2. The number of halogens is 5. The van der Waals surface area contributed by atoms with Gasteiger partial charge in [0.05, 0.1) is 23.7 Å². The summed E-state index contributed by atoms with van der Waals surface area (Å²) in [4.78, 5) is 30.7. The van der Waals surface area contributed by atoms with Gasteiger partial charge in [0.2, 0.25) is 0 Å². The molecule has 1 amide bonds. The number of carboxylic acid groups (broad SMARTS) is 1. The van der Waals surface area contributed by atoms with Gasteiger partial charge in [0.1, 0.15) is 0 Å². The highest BCUT2D eigenvalue weighted by atomic mass is 19.4. The van der Waals surface area contributed by atoms with E-state index in [4.69, 9.17) is 0 Å². The third kappa shape index (κ3) is 6.82. The van der Waals surface area contributed by atoms with Crippen molar-refractivity contribution in [1.82, 2.24) is 25.0 Å². The molecular formula is C27H28F5N5O3. The summed E-state index contributed by atoms with van der Waals surface area (Å²) >= 11 is 0. The number of hydrogen-bond donors (Lipinski definition) is 2. The zero-order chi connectivity index (χ0) is 29.1. The lowest BCUT2D eigenvalue weighted by Crippen LogP contribution is -2.47. The Morgan fingerprint density at radius 1 is 1.15 bits per heavy atom. The number of aromatic nitrogens is 3. The summed E-state index contributed by atoms with van der Waals surface area (Å²) in [6.07, 6.45) is -3.12. The zero-order valence-corrected chi connectivity index (χ0v) is 21.5. The van der Waals surface area contributed by atoms with Crippen molar-refractivity contribution in [2.24, 2.45) is 5.92 Å². The molecule has 4 rings (SSSR count). The molecule has 3 aromatic rings. The van der Waals surface area contributed by atoms with Gasteiger partial charge in [-0.2, -0.15) is 18.3 Å². The number of benzene rings is 1. The monoisotopic (exact) mass is 565 g/mol. The molecule has 1 aliphatic heterocycles. The molecule has 1 aromatic carbocycles. The van der Waals surface area contributed by atoms with E-state index in [0.29, 0.717) is 13.0 Å². The van der Waals surface area contributed by atoms with Crippen LogP contribution in [-0.2, 0) is 11.0 Å². The summed E-state index contributed by atoms with van der Waals surface area (Å²) in [5, 5.41) is 16.4. The highest BCUT2D eigenvalue weighted by Gasteiger charge is 2.37. The van der Waals surface area contributed by atoms with E-state index in [1.54, 1.807) is 12.1 Å². The average Bonchev–Trinajstić information content (AvgIpc) is 3.35. The van der Waals surface area contributed by atoms with Crippen molar-refractivity contribution in [3.63, 3.8) is 0 Å². The number of alkyl halides is 5. The van der Waals surface area contributed by atoms with Crippen LogP contribution in [0.2, 0.25) is 0 Å². The maximum absolute atomic E-state index is 13.8. The van der Waals surface area contributed by atoms with E-state index in [2.05, 4.69) is 15.4 Å². The van der Waals surface area contributed by atoms with Gasteiger partial charge in [0, 0.05) is 30.8 Å². The van der Waals surface area contributed by atoms with Crippen LogP contribution in [0.1, 0.15) is 42.2 Å². The summed E-state index contributed by atoms with van der Waals surface area (Å²) < 4.78 is 70.2. The number of aliphatic carboxylic acids is 1. The SMILES string of the molecule is CC(C(=O)O)C(CCN1CCCC(F)(F)C1)NC(=O)c1cc(-c2ccccc2C(F)(F)F)n(-c2ccccn2)n1. The molecule has 2 atom stereocenters. The molecule has 0 aliphatic carbocycles. The van der Waals surface area contributed by atoms with Crippen molar-refractivity contribution in [2.75, 3.05) is 19.6 Å². The molecule has 13 heteroatoms. The predicted octanol–water partition coefficient (Wildman–Crippen LogP) is 4.89. The largest absolute Gasteiger partial charge is 0.481 e. The number of pyridine rings is 1. The Balaban J connectivity index is 1.65. The van der Waals surface area contributed by atoms with E-state index in [-0.39, 0.29) is 42.2 Å². The molecule has 2 N–H and O–H groups in total. The van der Waals surface area contributed by atoms with Crippen molar-refractivity contribution in [3.8, 4) is 17.1 Å². The highest BCUT2D eigenvalue weighted by molar-refractivity contribution is 5.94. The number of carboxylic acids is 1. The summed E-state index contributed by atoms with van der Waals surface area (Å²) in [5.74, 6) is -5.76. The van der Waals surface area contributed by atoms with Gasteiger partial charge in [-0.1, -0.05) is 24.3 Å². The first-order chi connectivity index (χ1) is 18.9. The van der Waals surface area contributed by atoms with Gasteiger partial charge >= 0.3 is 12.1 Å². The fraction of sp³-hybridized carbons (Fsp3) is 0.407. The van der Waals surface area contributed by atoms with E-state index in [1.165, 1.54) is 48.4 Å². The van der Waals surface area contributed by atoms with Gasteiger partial charge in [-0.15, -0.1) is 0 Å². The van der Waals surface area contributed by atoms with Gasteiger partial charge in [-0.05, 0) is 50.6 Å². The van der Waals surface area contributed by atoms with Gasteiger partial charge in [-0.3, -0.25) is 14.5 Å². The number of likely N-dealkylation sites (tertiary alicyclic amines) is 1. The molecule has 0 saturated carbocycles. The van der Waals surface area contributed by atoms with E-state index >= 15 is 0 Å². The van der Waals surface area contributed by atoms with E-state index in [0.717, 1.165) is 10.7 Å². The van der Waals surface area contributed by atoms with Crippen LogP contribution in [-0.4, -0.2) is 68.2 Å². The summed E-state index contributed by atoms with van der Waals surface area (Å²) in [6.45, 7) is 1.49. The van der Waals surface area contributed by atoms with E-state index in [9.17, 15) is 36.6 Å². The summed E-state index contributed by atoms with van der Waals surface area (Å²) in [5.41, 5.74) is -1.47. The number of amides is 1. The average molecular weight is 566 g/mol. The maximum Gasteiger partial charge on any atom is 0.417 e. The molecule has 1 fully saturated rings. The van der Waals surface area contributed by atoms with Gasteiger partial charge < -0.3 is 10.4 Å². The Labute approximate surface area is 226 Å². The Morgan fingerprint density at radius 3 is 2.52 bits per heavy atom. The second kappa shape index (κ2) is 11.7. The Morgan fingerprint density at radius 2 is 1.88 bits per heavy atom. The molecule has 3 heterocycles. The van der Waals surface area contributed by atoms with Gasteiger partial charge in [0.15, 0.2) is 11.5 Å². The van der Waals surface area contributed by atoms with Crippen LogP contribution in [0, 0.1) is 5.92 Å². The molecule has 2 unspecified atom stereocenters. The summed E-state index contributed by atoms with van der Waals surface area (Å²) in [7, 11) is 0. The van der Waals surface area contributed by atoms with Crippen LogP contribution in [0.3, 0.4) is 0 Å².